The van der Waals surface area contributed by atoms with E-state index in [0.717, 1.165) is 6.07 Å². The molecule has 8 heteroatoms. The average Bonchev–Trinajstić information content (AvgIpc) is 2.51. The third kappa shape index (κ3) is 2.61. The van der Waals surface area contributed by atoms with E-state index in [9.17, 15) is 4.79 Å². The van der Waals surface area contributed by atoms with Gasteiger partial charge in [-0.05, 0) is 6.92 Å². The molecular weight excluding hydrogens is 232 g/mol. The minimum absolute atomic E-state index is 0.0394. The molecule has 1 heterocycles. The first kappa shape index (κ1) is 11.3. The maximum atomic E-state index is 11.1. The van der Waals surface area contributed by atoms with Crippen molar-refractivity contribution in [3.63, 3.8) is 0 Å². The van der Waals surface area contributed by atoms with Crippen LogP contribution in [0.15, 0.2) is 11.1 Å². The Labute approximate surface area is 86.1 Å². The number of ether oxygens (including phenoxy) is 1. The number of rotatable bonds is 3. The lowest BCUT2D eigenvalue weighted by Crippen LogP contribution is -2.04. The van der Waals surface area contributed by atoms with Gasteiger partial charge in [-0.25, -0.2) is 4.79 Å². The lowest BCUT2D eigenvalue weighted by molar-refractivity contribution is 0.0519. The molecule has 0 saturated heterocycles. The molecule has 1 rings (SSSR count). The smallest absolute Gasteiger partial charge is 0.358 e. The monoisotopic (exact) mass is 240 g/mol. The molecule has 0 unspecified atom stereocenters. The Bertz CT molecular complexity index is 335. The van der Waals surface area contributed by atoms with Gasteiger partial charge in [-0.2, -0.15) is 5.10 Å². The van der Waals surface area contributed by atoms with E-state index in [4.69, 9.17) is 19.8 Å². The first-order valence-electron chi connectivity index (χ1n) is 3.65. The van der Waals surface area contributed by atoms with Gasteiger partial charge < -0.3 is 4.74 Å². The van der Waals surface area contributed by atoms with Crippen LogP contribution in [-0.2, 0) is 4.74 Å². The second-order valence-corrected chi connectivity index (χ2v) is 5.01. The third-order valence-corrected chi connectivity index (χ3v) is 2.59. The standard InChI is InChI=1S/C6H9ClN2O4S/c1-2-13-6(10)4-3-5(9-8-4)14(7,11)12/h3,11-12H,2H2,1H3,(H,8,9). The molecule has 0 aliphatic rings. The van der Waals surface area contributed by atoms with Crippen molar-refractivity contribution >= 4 is 26.5 Å². The van der Waals surface area contributed by atoms with Crippen LogP contribution in [0.1, 0.15) is 17.4 Å². The van der Waals surface area contributed by atoms with Crippen LogP contribution >= 0.6 is 20.5 Å². The number of carbonyl (C=O) groups is 1. The average molecular weight is 241 g/mol. The maximum absolute atomic E-state index is 11.1. The second-order valence-electron chi connectivity index (χ2n) is 2.32. The summed E-state index contributed by atoms with van der Waals surface area (Å²) in [6.45, 7) is 1.87. The van der Waals surface area contributed by atoms with E-state index in [0.29, 0.717) is 0 Å². The Kier molecular flexibility index (Phi) is 3.38. The van der Waals surface area contributed by atoms with Gasteiger partial charge in [0.2, 0.25) is 0 Å². The fourth-order valence-corrected chi connectivity index (χ4v) is 1.41. The van der Waals surface area contributed by atoms with Crippen LogP contribution in [0.4, 0.5) is 0 Å². The molecule has 0 fully saturated rings. The molecule has 14 heavy (non-hydrogen) atoms. The molecule has 0 saturated carbocycles. The van der Waals surface area contributed by atoms with Crippen molar-refractivity contribution in [2.75, 3.05) is 6.61 Å². The number of nitrogens with one attached hydrogen (secondary N) is 1. The quantitative estimate of drug-likeness (QED) is 0.701. The largest absolute Gasteiger partial charge is 0.461 e. The summed E-state index contributed by atoms with van der Waals surface area (Å²) in [5.74, 6) is -0.643. The first-order valence-corrected chi connectivity index (χ1v) is 6.03. The SMILES string of the molecule is CCOC(=O)c1cc(S(O)(O)Cl)[nH]n1. The van der Waals surface area contributed by atoms with Crippen LogP contribution in [0.2, 0.25) is 0 Å². The number of hydrogen-bond acceptors (Lipinski definition) is 5. The van der Waals surface area contributed by atoms with E-state index < -0.39 is 15.8 Å². The normalized spacial score (nSPS) is 12.6. The van der Waals surface area contributed by atoms with Gasteiger partial charge >= 0.3 is 5.97 Å². The van der Waals surface area contributed by atoms with Gasteiger partial charge in [-0.3, -0.25) is 14.2 Å². The number of esters is 1. The highest BCUT2D eigenvalue weighted by Gasteiger charge is 2.18. The summed E-state index contributed by atoms with van der Waals surface area (Å²) in [6.07, 6.45) is 0. The van der Waals surface area contributed by atoms with Gasteiger partial charge in [0.25, 0.3) is 0 Å². The van der Waals surface area contributed by atoms with Crippen LogP contribution in [0.5, 0.6) is 0 Å². The molecule has 0 aliphatic heterocycles. The fourth-order valence-electron chi connectivity index (χ4n) is 0.747. The molecule has 0 aliphatic carbocycles. The minimum Gasteiger partial charge on any atom is -0.461 e. The van der Waals surface area contributed by atoms with E-state index in [2.05, 4.69) is 14.9 Å². The number of H-pyrrole nitrogens is 1. The molecule has 1 aromatic heterocycles. The molecular formula is C6H9ClN2O4S. The lowest BCUT2D eigenvalue weighted by atomic mass is 10.4. The van der Waals surface area contributed by atoms with Crippen LogP contribution < -0.4 is 0 Å². The summed E-state index contributed by atoms with van der Waals surface area (Å²) in [7, 11) is 1.84. The zero-order chi connectivity index (χ0) is 10.8. The summed E-state index contributed by atoms with van der Waals surface area (Å²) in [5, 5.41) is 5.65. The highest BCUT2D eigenvalue weighted by Crippen LogP contribution is 2.51. The summed E-state index contributed by atoms with van der Waals surface area (Å²) < 4.78 is 22.6. The van der Waals surface area contributed by atoms with Crippen molar-refractivity contribution < 1.29 is 18.6 Å². The van der Waals surface area contributed by atoms with Crippen molar-refractivity contribution in [1.82, 2.24) is 10.2 Å². The Balaban J connectivity index is 2.83. The van der Waals surface area contributed by atoms with E-state index in [1.807, 2.05) is 0 Å². The maximum Gasteiger partial charge on any atom is 0.358 e. The van der Waals surface area contributed by atoms with Crippen LogP contribution in [0.3, 0.4) is 0 Å². The molecule has 3 N–H and O–H groups in total. The van der Waals surface area contributed by atoms with Crippen molar-refractivity contribution in [1.29, 1.82) is 0 Å². The third-order valence-electron chi connectivity index (χ3n) is 1.32. The zero-order valence-corrected chi connectivity index (χ0v) is 8.80. The number of halogens is 1. The molecule has 1 aromatic rings. The Hall–Kier alpha value is -0.760. The van der Waals surface area contributed by atoms with E-state index in [1.54, 1.807) is 6.92 Å². The summed E-state index contributed by atoms with van der Waals surface area (Å²) in [4.78, 5) is 11.1. The van der Waals surface area contributed by atoms with Crippen LogP contribution in [0.25, 0.3) is 0 Å². The van der Waals surface area contributed by atoms with Crippen molar-refractivity contribution in [2.45, 2.75) is 11.9 Å². The molecule has 0 amide bonds. The summed E-state index contributed by atoms with van der Waals surface area (Å²) in [6, 6.07) is 1.14. The van der Waals surface area contributed by atoms with E-state index in [1.165, 1.54) is 0 Å². The highest BCUT2D eigenvalue weighted by molar-refractivity contribution is 8.43. The number of aromatic nitrogens is 2. The Morgan fingerprint density at radius 3 is 2.86 bits per heavy atom. The number of aromatic amines is 1. The van der Waals surface area contributed by atoms with Crippen LogP contribution in [0, 0.1) is 0 Å². The second kappa shape index (κ2) is 4.18. The van der Waals surface area contributed by atoms with Crippen molar-refractivity contribution in [3.05, 3.63) is 11.8 Å². The van der Waals surface area contributed by atoms with Gasteiger partial charge in [0.15, 0.2) is 10.7 Å². The van der Waals surface area contributed by atoms with Gasteiger partial charge in [0.05, 0.1) is 6.61 Å². The lowest BCUT2D eigenvalue weighted by Gasteiger charge is -2.19. The Morgan fingerprint density at radius 2 is 2.43 bits per heavy atom. The topological polar surface area (TPSA) is 95.4 Å². The summed E-state index contributed by atoms with van der Waals surface area (Å²) in [5.41, 5.74) is -0.0394. The first-order chi connectivity index (χ1) is 6.45. The predicted octanol–water partition coefficient (Wildman–Crippen LogP) is 1.85. The minimum atomic E-state index is -3.38. The number of carbonyl (C=O) groups excluding carboxylic acids is 1. The van der Waals surface area contributed by atoms with E-state index >= 15 is 0 Å². The highest BCUT2D eigenvalue weighted by atomic mass is 35.7. The van der Waals surface area contributed by atoms with Gasteiger partial charge in [0, 0.05) is 16.7 Å². The van der Waals surface area contributed by atoms with Crippen molar-refractivity contribution in [3.8, 4) is 0 Å². The van der Waals surface area contributed by atoms with Crippen molar-refractivity contribution in [2.24, 2.45) is 0 Å². The number of nitrogens with zero attached hydrogens (tertiary/aromatic N) is 1. The van der Waals surface area contributed by atoms with Gasteiger partial charge in [-0.15, -0.1) is 0 Å². The van der Waals surface area contributed by atoms with Gasteiger partial charge in [0.1, 0.15) is 0 Å². The van der Waals surface area contributed by atoms with E-state index in [-0.39, 0.29) is 17.3 Å². The van der Waals surface area contributed by atoms with Gasteiger partial charge in [-0.1, -0.05) is 9.80 Å². The molecule has 80 valence electrons. The zero-order valence-electron chi connectivity index (χ0n) is 7.23. The predicted molar refractivity (Wildman–Crippen MR) is 51.5 cm³/mol. The molecule has 0 radical (unpaired) electrons. The molecule has 0 spiro atoms. The number of hydrogen-bond donors (Lipinski definition) is 3. The molecule has 6 nitrogen and oxygen atoms in total. The Morgan fingerprint density at radius 1 is 1.79 bits per heavy atom. The fraction of sp³-hybridized carbons (Fsp3) is 0.333. The summed E-state index contributed by atoms with van der Waals surface area (Å²) >= 11 is 0. The molecule has 0 bridgehead atoms. The molecule has 0 atom stereocenters. The van der Waals surface area contributed by atoms with Crippen LogP contribution in [-0.4, -0.2) is 31.9 Å². The molecule has 0 aromatic carbocycles.